The lowest BCUT2D eigenvalue weighted by Gasteiger charge is -2.08. The summed E-state index contributed by atoms with van der Waals surface area (Å²) in [5, 5.41) is 13.3. The topological polar surface area (TPSA) is 116 Å². The molecule has 9 heteroatoms. The van der Waals surface area contributed by atoms with Gasteiger partial charge in [-0.3, -0.25) is 19.7 Å². The van der Waals surface area contributed by atoms with Crippen LogP contribution in [0, 0.1) is 10.1 Å². The molecule has 0 saturated carbocycles. The molecule has 0 spiro atoms. The van der Waals surface area contributed by atoms with Gasteiger partial charge in [-0.25, -0.2) is 4.79 Å². The number of anilines is 1. The number of nitro benzene ring substituents is 1. The summed E-state index contributed by atoms with van der Waals surface area (Å²) in [5.41, 5.74) is 0.736. The molecule has 2 aromatic rings. The van der Waals surface area contributed by atoms with E-state index >= 15 is 0 Å². The highest BCUT2D eigenvalue weighted by Gasteiger charge is 2.13. The Balaban J connectivity index is 1.93. The third kappa shape index (κ3) is 5.75. The van der Waals surface area contributed by atoms with E-state index in [1.54, 1.807) is 24.3 Å². The van der Waals surface area contributed by atoms with Crippen molar-refractivity contribution in [3.05, 3.63) is 74.8 Å². The normalized spacial score (nSPS) is 10.5. The highest BCUT2D eigenvalue weighted by atomic mass is 35.5. The third-order valence-corrected chi connectivity index (χ3v) is 3.82. The Kier molecular flexibility index (Phi) is 7.00. The number of carbonyl (C=O) groups excluding carboxylic acids is 3. The van der Waals surface area contributed by atoms with Crippen LogP contribution in [0.5, 0.6) is 0 Å². The number of nitrogens with one attached hydrogen (secondary N) is 1. The highest BCUT2D eigenvalue weighted by molar-refractivity contribution is 6.32. The van der Waals surface area contributed by atoms with Gasteiger partial charge in [0.1, 0.15) is 5.02 Å². The SMILES string of the molecule is CC(=O)c1ccccc1NC(=O)COC(=O)/C=C/c1ccc(Cl)c([N+](=O)[O-])c1. The first-order valence-electron chi connectivity index (χ1n) is 7.96. The van der Waals surface area contributed by atoms with Crippen LogP contribution < -0.4 is 5.32 Å². The lowest BCUT2D eigenvalue weighted by atomic mass is 10.1. The molecule has 0 atom stereocenters. The number of carbonyl (C=O) groups is 3. The molecule has 0 aromatic heterocycles. The van der Waals surface area contributed by atoms with Crippen LogP contribution in [0.3, 0.4) is 0 Å². The molecule has 1 N–H and O–H groups in total. The van der Waals surface area contributed by atoms with E-state index in [0.717, 1.165) is 6.08 Å². The Morgan fingerprint density at radius 1 is 1.21 bits per heavy atom. The predicted molar refractivity (Wildman–Crippen MR) is 103 cm³/mol. The van der Waals surface area contributed by atoms with Crippen molar-refractivity contribution in [1.29, 1.82) is 0 Å². The first kappa shape index (κ1) is 20.8. The number of esters is 1. The molecule has 8 nitrogen and oxygen atoms in total. The van der Waals surface area contributed by atoms with Crippen LogP contribution >= 0.6 is 11.6 Å². The molecule has 0 bridgehead atoms. The Morgan fingerprint density at radius 2 is 1.93 bits per heavy atom. The van der Waals surface area contributed by atoms with Crippen LogP contribution in [0.2, 0.25) is 5.02 Å². The maximum absolute atomic E-state index is 11.9. The summed E-state index contributed by atoms with van der Waals surface area (Å²) in [4.78, 5) is 45.4. The molecule has 0 aliphatic carbocycles. The van der Waals surface area contributed by atoms with Crippen molar-refractivity contribution >= 4 is 46.7 Å². The van der Waals surface area contributed by atoms with E-state index < -0.39 is 23.4 Å². The fraction of sp³-hybridized carbons (Fsp3) is 0.105. The number of rotatable bonds is 7. The van der Waals surface area contributed by atoms with Crippen molar-refractivity contribution in [2.75, 3.05) is 11.9 Å². The lowest BCUT2D eigenvalue weighted by Crippen LogP contribution is -2.21. The van der Waals surface area contributed by atoms with Crippen molar-refractivity contribution in [3.63, 3.8) is 0 Å². The molecule has 28 heavy (non-hydrogen) atoms. The zero-order valence-electron chi connectivity index (χ0n) is 14.7. The van der Waals surface area contributed by atoms with Crippen molar-refractivity contribution < 1.29 is 24.0 Å². The largest absolute Gasteiger partial charge is 0.452 e. The number of ether oxygens (including phenoxy) is 1. The minimum absolute atomic E-state index is 0.0211. The van der Waals surface area contributed by atoms with Crippen LogP contribution in [0.4, 0.5) is 11.4 Å². The number of ketones is 1. The van der Waals surface area contributed by atoms with Gasteiger partial charge >= 0.3 is 5.97 Å². The number of halogens is 1. The number of benzene rings is 2. The lowest BCUT2D eigenvalue weighted by molar-refractivity contribution is -0.384. The molecule has 0 saturated heterocycles. The molecule has 0 aliphatic heterocycles. The number of Topliss-reactive ketones (excluding diaryl/α,β-unsaturated/α-hetero) is 1. The molecule has 2 rings (SSSR count). The summed E-state index contributed by atoms with van der Waals surface area (Å²) in [6, 6.07) is 10.5. The number of hydrogen-bond donors (Lipinski definition) is 1. The first-order valence-corrected chi connectivity index (χ1v) is 8.34. The van der Waals surface area contributed by atoms with Gasteiger partial charge in [-0.2, -0.15) is 0 Å². The molecule has 0 heterocycles. The molecule has 2 aromatic carbocycles. The Hall–Kier alpha value is -3.52. The molecule has 1 amide bonds. The first-order chi connectivity index (χ1) is 13.3. The predicted octanol–water partition coefficient (Wildman–Crippen LogP) is 3.65. The summed E-state index contributed by atoms with van der Waals surface area (Å²) >= 11 is 5.71. The van der Waals surface area contributed by atoms with Gasteiger partial charge in [0.05, 0.1) is 10.6 Å². The Labute approximate surface area is 164 Å². The van der Waals surface area contributed by atoms with E-state index in [4.69, 9.17) is 16.3 Å². The van der Waals surface area contributed by atoms with E-state index in [1.807, 2.05) is 0 Å². The third-order valence-electron chi connectivity index (χ3n) is 3.50. The summed E-state index contributed by atoms with van der Waals surface area (Å²) in [5.74, 6) is -1.64. The van der Waals surface area contributed by atoms with Crippen LogP contribution in [-0.2, 0) is 14.3 Å². The van der Waals surface area contributed by atoms with Crippen molar-refractivity contribution in [2.45, 2.75) is 6.92 Å². The second kappa shape index (κ2) is 9.43. The molecular formula is C19H15ClN2O6. The van der Waals surface area contributed by atoms with E-state index in [9.17, 15) is 24.5 Å². The molecule has 0 radical (unpaired) electrons. The van der Waals surface area contributed by atoms with Crippen LogP contribution in [0.1, 0.15) is 22.8 Å². The number of nitrogens with zero attached hydrogens (tertiary/aromatic N) is 1. The number of nitro groups is 1. The van der Waals surface area contributed by atoms with Gasteiger partial charge in [0.15, 0.2) is 12.4 Å². The van der Waals surface area contributed by atoms with Crippen LogP contribution in [-0.4, -0.2) is 29.2 Å². The quantitative estimate of drug-likeness (QED) is 0.248. The summed E-state index contributed by atoms with van der Waals surface area (Å²) in [6.45, 7) is 0.813. The average Bonchev–Trinajstić information content (AvgIpc) is 2.65. The maximum Gasteiger partial charge on any atom is 0.331 e. The molecule has 144 valence electrons. The fourth-order valence-corrected chi connectivity index (χ4v) is 2.39. The van der Waals surface area contributed by atoms with Crippen LogP contribution in [0.15, 0.2) is 48.5 Å². The van der Waals surface area contributed by atoms with Gasteiger partial charge in [0.25, 0.3) is 11.6 Å². The Morgan fingerprint density at radius 3 is 2.61 bits per heavy atom. The number of hydrogen-bond acceptors (Lipinski definition) is 6. The monoisotopic (exact) mass is 402 g/mol. The van der Waals surface area contributed by atoms with Gasteiger partial charge < -0.3 is 10.1 Å². The highest BCUT2D eigenvalue weighted by Crippen LogP contribution is 2.25. The van der Waals surface area contributed by atoms with E-state index in [-0.39, 0.29) is 16.5 Å². The maximum atomic E-state index is 11.9. The second-order valence-electron chi connectivity index (χ2n) is 5.56. The van der Waals surface area contributed by atoms with Crippen molar-refractivity contribution in [3.8, 4) is 0 Å². The minimum Gasteiger partial charge on any atom is -0.452 e. The molecular weight excluding hydrogens is 388 g/mol. The number of para-hydroxylation sites is 1. The van der Waals surface area contributed by atoms with Crippen molar-refractivity contribution in [1.82, 2.24) is 0 Å². The summed E-state index contributed by atoms with van der Waals surface area (Å²) in [7, 11) is 0. The average molecular weight is 403 g/mol. The van der Waals surface area contributed by atoms with Gasteiger partial charge in [-0.1, -0.05) is 29.8 Å². The molecule has 0 aliphatic rings. The number of amides is 1. The van der Waals surface area contributed by atoms with Gasteiger partial charge in [0, 0.05) is 17.7 Å². The Bertz CT molecular complexity index is 971. The molecule has 0 fully saturated rings. The van der Waals surface area contributed by atoms with Crippen molar-refractivity contribution in [2.24, 2.45) is 0 Å². The van der Waals surface area contributed by atoms with E-state index in [1.165, 1.54) is 31.2 Å². The zero-order chi connectivity index (χ0) is 20.7. The standard InChI is InChI=1S/C19H15ClN2O6/c1-12(23)14-4-2-3-5-16(14)21-18(24)11-28-19(25)9-7-13-6-8-15(20)17(10-13)22(26)27/h2-10H,11H2,1H3,(H,21,24)/b9-7+. The minimum atomic E-state index is -0.812. The summed E-state index contributed by atoms with van der Waals surface area (Å²) in [6.07, 6.45) is 2.33. The van der Waals surface area contributed by atoms with Crippen LogP contribution in [0.25, 0.3) is 6.08 Å². The zero-order valence-corrected chi connectivity index (χ0v) is 15.4. The second-order valence-corrected chi connectivity index (χ2v) is 5.97. The smallest absolute Gasteiger partial charge is 0.331 e. The van der Waals surface area contributed by atoms with Gasteiger partial charge in [0.2, 0.25) is 0 Å². The van der Waals surface area contributed by atoms with E-state index in [2.05, 4.69) is 5.32 Å². The fourth-order valence-electron chi connectivity index (χ4n) is 2.21. The van der Waals surface area contributed by atoms with Gasteiger partial charge in [-0.15, -0.1) is 0 Å². The van der Waals surface area contributed by atoms with E-state index in [0.29, 0.717) is 16.8 Å². The van der Waals surface area contributed by atoms with Gasteiger partial charge in [-0.05, 0) is 36.8 Å². The molecule has 0 unspecified atom stereocenters. The summed E-state index contributed by atoms with van der Waals surface area (Å²) < 4.78 is 4.82.